The van der Waals surface area contributed by atoms with Crippen LogP contribution in [-0.4, -0.2) is 25.2 Å². The van der Waals surface area contributed by atoms with Crippen molar-refractivity contribution in [2.45, 2.75) is 57.9 Å². The number of carbonyl (C=O) groups is 1. The van der Waals surface area contributed by atoms with Gasteiger partial charge in [0, 0.05) is 24.9 Å². The smallest absolute Gasteiger partial charge is 0.302 e. The number of esters is 1. The van der Waals surface area contributed by atoms with E-state index in [0.717, 1.165) is 19.3 Å². The van der Waals surface area contributed by atoms with E-state index in [-0.39, 0.29) is 17.2 Å². The Morgan fingerprint density at radius 1 is 1.30 bits per heavy atom. The second-order valence-corrected chi connectivity index (χ2v) is 6.99. The Kier molecular flexibility index (Phi) is 6.17. The van der Waals surface area contributed by atoms with Crippen molar-refractivity contribution >= 4 is 5.97 Å². The minimum atomic E-state index is -0.246. The Morgan fingerprint density at radius 3 is 2.43 bits per heavy atom. The summed E-state index contributed by atoms with van der Waals surface area (Å²) in [6.07, 6.45) is 4.50. The molecule has 2 rings (SSSR count). The molecule has 128 valence electrons. The summed E-state index contributed by atoms with van der Waals surface area (Å²) in [7, 11) is 0. The van der Waals surface area contributed by atoms with Crippen molar-refractivity contribution in [2.75, 3.05) is 13.2 Å². The molecule has 23 heavy (non-hydrogen) atoms. The molecule has 1 fully saturated rings. The fourth-order valence-electron chi connectivity index (χ4n) is 3.58. The molecule has 0 aliphatic heterocycles. The number of benzene rings is 1. The standard InChI is InChI=1S/C19H28FNO2/c1-14(2)13-18(21-11-12-23-15(3)22)19(9-4-10-19)16-5-7-17(20)8-6-16/h5-8,14,18,21H,4,9-13H2,1-3H3. The normalized spacial score (nSPS) is 17.6. The van der Waals surface area contributed by atoms with E-state index >= 15 is 0 Å². The molecule has 0 aromatic heterocycles. The van der Waals surface area contributed by atoms with Gasteiger partial charge in [-0.05, 0) is 42.9 Å². The third kappa shape index (κ3) is 4.54. The summed E-state index contributed by atoms with van der Waals surface area (Å²) >= 11 is 0. The van der Waals surface area contributed by atoms with Gasteiger partial charge >= 0.3 is 5.97 Å². The number of nitrogens with one attached hydrogen (secondary N) is 1. The van der Waals surface area contributed by atoms with Gasteiger partial charge in [0.05, 0.1) is 0 Å². The van der Waals surface area contributed by atoms with Crippen molar-refractivity contribution < 1.29 is 13.9 Å². The predicted molar refractivity (Wildman–Crippen MR) is 89.8 cm³/mol. The average Bonchev–Trinajstić information content (AvgIpc) is 2.43. The van der Waals surface area contributed by atoms with Crippen LogP contribution in [0.4, 0.5) is 4.39 Å². The Bertz CT molecular complexity index is 509. The molecule has 1 saturated carbocycles. The molecule has 3 nitrogen and oxygen atoms in total. The molecule has 1 aromatic carbocycles. The number of rotatable bonds is 8. The molecule has 0 saturated heterocycles. The summed E-state index contributed by atoms with van der Waals surface area (Å²) in [5.74, 6) is 0.134. The third-order valence-electron chi connectivity index (χ3n) is 4.84. The molecular formula is C19H28FNO2. The first-order chi connectivity index (χ1) is 10.9. The summed E-state index contributed by atoms with van der Waals surface area (Å²) < 4.78 is 18.3. The summed E-state index contributed by atoms with van der Waals surface area (Å²) in [5.41, 5.74) is 1.30. The first-order valence-electron chi connectivity index (χ1n) is 8.57. The third-order valence-corrected chi connectivity index (χ3v) is 4.84. The van der Waals surface area contributed by atoms with Gasteiger partial charge in [-0.2, -0.15) is 0 Å². The minimum absolute atomic E-state index is 0.0776. The van der Waals surface area contributed by atoms with Gasteiger partial charge in [0.1, 0.15) is 12.4 Å². The zero-order chi connectivity index (χ0) is 16.9. The number of ether oxygens (including phenoxy) is 1. The lowest BCUT2D eigenvalue weighted by Gasteiger charge is -2.49. The summed E-state index contributed by atoms with van der Waals surface area (Å²) in [6, 6.07) is 7.28. The van der Waals surface area contributed by atoms with Crippen LogP contribution in [0, 0.1) is 11.7 Å². The Balaban J connectivity index is 2.10. The summed E-state index contributed by atoms with van der Waals surface area (Å²) in [5, 5.41) is 3.59. The monoisotopic (exact) mass is 321 g/mol. The highest BCUT2D eigenvalue weighted by atomic mass is 19.1. The molecule has 1 atom stereocenters. The Labute approximate surface area is 138 Å². The zero-order valence-corrected chi connectivity index (χ0v) is 14.4. The van der Waals surface area contributed by atoms with Gasteiger partial charge in [-0.1, -0.05) is 32.4 Å². The highest BCUT2D eigenvalue weighted by molar-refractivity contribution is 5.65. The van der Waals surface area contributed by atoms with Crippen molar-refractivity contribution in [1.82, 2.24) is 5.32 Å². The maximum absolute atomic E-state index is 13.3. The molecule has 1 aliphatic carbocycles. The van der Waals surface area contributed by atoms with E-state index in [1.807, 2.05) is 12.1 Å². The predicted octanol–water partition coefficient (Wildman–Crippen LogP) is 3.81. The second kappa shape index (κ2) is 7.91. The lowest BCUT2D eigenvalue weighted by Crippen LogP contribution is -2.54. The molecule has 0 spiro atoms. The van der Waals surface area contributed by atoms with E-state index in [1.165, 1.54) is 18.9 Å². The Morgan fingerprint density at radius 2 is 1.96 bits per heavy atom. The van der Waals surface area contributed by atoms with Crippen molar-refractivity contribution in [2.24, 2.45) is 5.92 Å². The van der Waals surface area contributed by atoms with E-state index in [2.05, 4.69) is 19.2 Å². The van der Waals surface area contributed by atoms with Gasteiger partial charge in [0.25, 0.3) is 0 Å². The fraction of sp³-hybridized carbons (Fsp3) is 0.632. The van der Waals surface area contributed by atoms with Gasteiger partial charge in [-0.15, -0.1) is 0 Å². The molecule has 0 radical (unpaired) electrons. The number of hydrogen-bond donors (Lipinski definition) is 1. The minimum Gasteiger partial charge on any atom is -0.465 e. The molecule has 1 aliphatic rings. The lowest BCUT2D eigenvalue weighted by atomic mass is 9.59. The molecule has 4 heteroatoms. The maximum atomic E-state index is 13.3. The molecular weight excluding hydrogens is 293 g/mol. The fourth-order valence-corrected chi connectivity index (χ4v) is 3.58. The van der Waals surface area contributed by atoms with Gasteiger partial charge < -0.3 is 10.1 Å². The lowest BCUT2D eigenvalue weighted by molar-refractivity contribution is -0.140. The van der Waals surface area contributed by atoms with Crippen LogP contribution in [0.15, 0.2) is 24.3 Å². The highest BCUT2D eigenvalue weighted by Crippen LogP contribution is 2.48. The van der Waals surface area contributed by atoms with Crippen molar-refractivity contribution in [3.63, 3.8) is 0 Å². The van der Waals surface area contributed by atoms with Crippen molar-refractivity contribution in [1.29, 1.82) is 0 Å². The van der Waals surface area contributed by atoms with Crippen LogP contribution < -0.4 is 5.32 Å². The van der Waals surface area contributed by atoms with Gasteiger partial charge in [0.15, 0.2) is 0 Å². The van der Waals surface area contributed by atoms with Gasteiger partial charge in [-0.25, -0.2) is 4.39 Å². The number of halogens is 1. The maximum Gasteiger partial charge on any atom is 0.302 e. The van der Waals surface area contributed by atoms with E-state index in [9.17, 15) is 9.18 Å². The van der Waals surface area contributed by atoms with Crippen LogP contribution in [-0.2, 0) is 14.9 Å². The summed E-state index contributed by atoms with van der Waals surface area (Å²) in [4.78, 5) is 10.9. The van der Waals surface area contributed by atoms with Crippen molar-refractivity contribution in [3.05, 3.63) is 35.6 Å². The first-order valence-corrected chi connectivity index (χ1v) is 8.57. The second-order valence-electron chi connectivity index (χ2n) is 6.99. The SMILES string of the molecule is CC(=O)OCCNC(CC(C)C)C1(c2ccc(F)cc2)CCC1. The highest BCUT2D eigenvalue weighted by Gasteiger charge is 2.45. The number of carbonyl (C=O) groups excluding carboxylic acids is 1. The van der Waals surface area contributed by atoms with Gasteiger partial charge in [-0.3, -0.25) is 4.79 Å². The van der Waals surface area contributed by atoms with Crippen LogP contribution >= 0.6 is 0 Å². The van der Waals surface area contributed by atoms with Crippen LogP contribution in [0.2, 0.25) is 0 Å². The molecule has 1 aromatic rings. The first kappa shape index (κ1) is 17.9. The Hall–Kier alpha value is -1.42. The van der Waals surface area contributed by atoms with E-state index < -0.39 is 0 Å². The quantitative estimate of drug-likeness (QED) is 0.584. The largest absolute Gasteiger partial charge is 0.465 e. The average molecular weight is 321 g/mol. The molecule has 0 bridgehead atoms. The molecule has 1 N–H and O–H groups in total. The van der Waals surface area contributed by atoms with E-state index in [0.29, 0.717) is 25.1 Å². The van der Waals surface area contributed by atoms with E-state index in [1.54, 1.807) is 12.1 Å². The number of hydrogen-bond acceptors (Lipinski definition) is 3. The molecule has 0 amide bonds. The van der Waals surface area contributed by atoms with Gasteiger partial charge in [0.2, 0.25) is 0 Å². The van der Waals surface area contributed by atoms with Crippen LogP contribution in [0.3, 0.4) is 0 Å². The van der Waals surface area contributed by atoms with Crippen LogP contribution in [0.25, 0.3) is 0 Å². The van der Waals surface area contributed by atoms with Crippen LogP contribution in [0.1, 0.15) is 52.0 Å². The van der Waals surface area contributed by atoms with Crippen molar-refractivity contribution in [3.8, 4) is 0 Å². The zero-order valence-electron chi connectivity index (χ0n) is 14.4. The molecule has 0 heterocycles. The van der Waals surface area contributed by atoms with Crippen LogP contribution in [0.5, 0.6) is 0 Å². The topological polar surface area (TPSA) is 38.3 Å². The molecule has 1 unspecified atom stereocenters. The summed E-state index contributed by atoms with van der Waals surface area (Å²) in [6.45, 7) is 6.91. The van der Waals surface area contributed by atoms with E-state index in [4.69, 9.17) is 4.74 Å².